The van der Waals surface area contributed by atoms with Crippen molar-refractivity contribution in [1.29, 1.82) is 0 Å². The number of rotatable bonds is 3. The summed E-state index contributed by atoms with van der Waals surface area (Å²) in [6, 6.07) is 1.72. The van der Waals surface area contributed by atoms with Gasteiger partial charge in [0.2, 0.25) is 10.0 Å². The van der Waals surface area contributed by atoms with Crippen molar-refractivity contribution in [3.8, 4) is 0 Å². The number of nitrogens with zero attached hydrogens (tertiary/aromatic N) is 1. The number of carbonyl (C=O) groups excluding carboxylic acids is 1. The summed E-state index contributed by atoms with van der Waals surface area (Å²) in [6.45, 7) is 4.19. The summed E-state index contributed by atoms with van der Waals surface area (Å²) in [5.74, 6) is 0.0262. The molecular weight excluding hydrogens is 258 g/mol. The average molecular weight is 273 g/mol. The Hall–Kier alpha value is -0.880. The Morgan fingerprint density at radius 3 is 2.65 bits per heavy atom. The van der Waals surface area contributed by atoms with Crippen LogP contribution in [0.2, 0.25) is 0 Å². The molecule has 94 valence electrons. The lowest BCUT2D eigenvalue weighted by Crippen LogP contribution is -2.27. The Morgan fingerprint density at radius 1 is 1.47 bits per heavy atom. The van der Waals surface area contributed by atoms with Crippen LogP contribution in [0.5, 0.6) is 0 Å². The zero-order valence-electron chi connectivity index (χ0n) is 10.1. The van der Waals surface area contributed by atoms with E-state index in [-0.39, 0.29) is 11.7 Å². The first kappa shape index (κ1) is 12.6. The van der Waals surface area contributed by atoms with E-state index < -0.39 is 10.0 Å². The number of hydrogen-bond acceptors (Lipinski definition) is 4. The summed E-state index contributed by atoms with van der Waals surface area (Å²) in [5.41, 5.74) is 0.696. The van der Waals surface area contributed by atoms with E-state index in [0.29, 0.717) is 23.5 Å². The number of anilines is 1. The Bertz CT molecular complexity index is 557. The molecule has 0 saturated carbocycles. The summed E-state index contributed by atoms with van der Waals surface area (Å²) in [4.78, 5) is 13.5. The Morgan fingerprint density at radius 2 is 2.12 bits per heavy atom. The molecule has 1 aromatic heterocycles. The zero-order chi connectivity index (χ0) is 12.8. The molecule has 4 nitrogen and oxygen atoms in total. The molecule has 0 bridgehead atoms. The van der Waals surface area contributed by atoms with E-state index in [1.54, 1.807) is 6.07 Å². The van der Waals surface area contributed by atoms with Crippen molar-refractivity contribution in [3.05, 3.63) is 15.8 Å². The van der Waals surface area contributed by atoms with E-state index in [1.165, 1.54) is 21.9 Å². The third-order valence-electron chi connectivity index (χ3n) is 2.76. The van der Waals surface area contributed by atoms with E-state index in [1.807, 2.05) is 13.8 Å². The van der Waals surface area contributed by atoms with Gasteiger partial charge in [-0.3, -0.25) is 9.10 Å². The van der Waals surface area contributed by atoms with Gasteiger partial charge in [0, 0.05) is 23.8 Å². The van der Waals surface area contributed by atoms with Crippen molar-refractivity contribution in [2.24, 2.45) is 5.92 Å². The summed E-state index contributed by atoms with van der Waals surface area (Å²) < 4.78 is 24.5. The third-order valence-corrected chi connectivity index (χ3v) is 5.14. The SMILES string of the molecule is CC(C)C(=O)c1cc2c(s1)CCN2S(C)(=O)=O. The molecular formula is C11H15NO3S2. The van der Waals surface area contributed by atoms with Gasteiger partial charge in [0.05, 0.1) is 16.8 Å². The van der Waals surface area contributed by atoms with Gasteiger partial charge in [-0.25, -0.2) is 8.42 Å². The minimum absolute atomic E-state index is 0.0551. The molecule has 1 aromatic rings. The molecule has 0 unspecified atom stereocenters. The molecule has 0 saturated heterocycles. The van der Waals surface area contributed by atoms with Gasteiger partial charge in [-0.2, -0.15) is 0 Å². The van der Waals surface area contributed by atoms with Gasteiger partial charge in [-0.05, 0) is 6.07 Å². The maximum Gasteiger partial charge on any atom is 0.232 e. The van der Waals surface area contributed by atoms with Crippen LogP contribution >= 0.6 is 11.3 Å². The number of thiophene rings is 1. The van der Waals surface area contributed by atoms with E-state index in [4.69, 9.17) is 0 Å². The number of sulfonamides is 1. The lowest BCUT2D eigenvalue weighted by Gasteiger charge is -2.14. The van der Waals surface area contributed by atoms with Gasteiger partial charge in [0.1, 0.15) is 0 Å². The summed E-state index contributed by atoms with van der Waals surface area (Å²) >= 11 is 1.42. The summed E-state index contributed by atoms with van der Waals surface area (Å²) in [5, 5.41) is 0. The maximum absolute atomic E-state index is 11.8. The van der Waals surface area contributed by atoms with E-state index in [2.05, 4.69) is 0 Å². The fourth-order valence-electron chi connectivity index (χ4n) is 1.88. The molecule has 0 N–H and O–H groups in total. The fourth-order valence-corrected chi connectivity index (χ4v) is 4.12. The predicted octanol–water partition coefficient (Wildman–Crippen LogP) is 1.91. The standard InChI is InChI=1S/C11H15NO3S2/c1-7(2)11(13)10-6-8-9(16-10)4-5-12(8)17(3,14)15/h6-7H,4-5H2,1-3H3. The minimum Gasteiger partial charge on any atom is -0.293 e. The lowest BCUT2D eigenvalue weighted by molar-refractivity contribution is 0.0943. The molecule has 0 atom stereocenters. The highest BCUT2D eigenvalue weighted by atomic mass is 32.2. The second kappa shape index (κ2) is 4.10. The molecule has 0 spiro atoms. The van der Waals surface area contributed by atoms with Crippen LogP contribution in [-0.2, 0) is 16.4 Å². The van der Waals surface area contributed by atoms with Gasteiger partial charge in [-0.15, -0.1) is 11.3 Å². The van der Waals surface area contributed by atoms with Crippen LogP contribution in [0.1, 0.15) is 28.4 Å². The molecule has 1 aliphatic rings. The third kappa shape index (κ3) is 2.24. The molecule has 0 radical (unpaired) electrons. The first-order chi connectivity index (χ1) is 7.80. The molecule has 6 heteroatoms. The number of hydrogen-bond donors (Lipinski definition) is 0. The van der Waals surface area contributed by atoms with Gasteiger partial charge in [0.15, 0.2) is 5.78 Å². The van der Waals surface area contributed by atoms with Crippen molar-refractivity contribution >= 4 is 32.8 Å². The van der Waals surface area contributed by atoms with Crippen LogP contribution in [0.4, 0.5) is 5.69 Å². The smallest absolute Gasteiger partial charge is 0.232 e. The fraction of sp³-hybridized carbons (Fsp3) is 0.545. The Balaban J connectivity index is 2.39. The molecule has 17 heavy (non-hydrogen) atoms. The highest BCUT2D eigenvalue weighted by Crippen LogP contribution is 2.37. The first-order valence-electron chi connectivity index (χ1n) is 5.45. The van der Waals surface area contributed by atoms with Crippen LogP contribution in [0.15, 0.2) is 6.07 Å². The molecule has 0 aliphatic carbocycles. The van der Waals surface area contributed by atoms with Crippen LogP contribution in [-0.4, -0.2) is 27.0 Å². The highest BCUT2D eigenvalue weighted by molar-refractivity contribution is 7.92. The van der Waals surface area contributed by atoms with Gasteiger partial charge in [-0.1, -0.05) is 13.8 Å². The van der Waals surface area contributed by atoms with Crippen LogP contribution in [0.25, 0.3) is 0 Å². The number of Topliss-reactive ketones (excluding diaryl/α,β-unsaturated/α-hetero) is 1. The van der Waals surface area contributed by atoms with E-state index >= 15 is 0 Å². The van der Waals surface area contributed by atoms with Gasteiger partial charge in [0.25, 0.3) is 0 Å². The van der Waals surface area contributed by atoms with Crippen molar-refractivity contribution < 1.29 is 13.2 Å². The Kier molecular flexibility index (Phi) is 3.03. The van der Waals surface area contributed by atoms with Crippen molar-refractivity contribution in [2.45, 2.75) is 20.3 Å². The largest absolute Gasteiger partial charge is 0.293 e. The lowest BCUT2D eigenvalue weighted by atomic mass is 10.1. The molecule has 2 rings (SSSR count). The van der Waals surface area contributed by atoms with Crippen LogP contribution in [0.3, 0.4) is 0 Å². The number of fused-ring (bicyclic) bond motifs is 1. The van der Waals surface area contributed by atoms with Crippen LogP contribution < -0.4 is 4.31 Å². The molecule has 0 amide bonds. The molecule has 2 heterocycles. The van der Waals surface area contributed by atoms with Crippen molar-refractivity contribution in [1.82, 2.24) is 0 Å². The zero-order valence-corrected chi connectivity index (χ0v) is 11.7. The van der Waals surface area contributed by atoms with Gasteiger partial charge >= 0.3 is 0 Å². The number of carbonyl (C=O) groups is 1. The predicted molar refractivity (Wildman–Crippen MR) is 69.4 cm³/mol. The topological polar surface area (TPSA) is 54.5 Å². The molecule has 0 aromatic carbocycles. The summed E-state index contributed by atoms with van der Waals surface area (Å²) in [6.07, 6.45) is 1.90. The van der Waals surface area contributed by atoms with Crippen molar-refractivity contribution in [3.63, 3.8) is 0 Å². The second-order valence-electron chi connectivity index (χ2n) is 4.52. The van der Waals surface area contributed by atoms with E-state index in [9.17, 15) is 13.2 Å². The highest BCUT2D eigenvalue weighted by Gasteiger charge is 2.30. The summed E-state index contributed by atoms with van der Waals surface area (Å²) in [7, 11) is -3.22. The van der Waals surface area contributed by atoms with Crippen molar-refractivity contribution in [2.75, 3.05) is 17.1 Å². The normalized spacial score (nSPS) is 15.4. The minimum atomic E-state index is -3.22. The Labute approximate surface area is 105 Å². The molecule has 1 aliphatic heterocycles. The average Bonchev–Trinajstić information content (AvgIpc) is 2.71. The van der Waals surface area contributed by atoms with Gasteiger partial charge < -0.3 is 0 Å². The quantitative estimate of drug-likeness (QED) is 0.790. The molecule has 0 fully saturated rings. The van der Waals surface area contributed by atoms with Crippen LogP contribution in [0, 0.1) is 5.92 Å². The second-order valence-corrected chi connectivity index (χ2v) is 7.57. The monoisotopic (exact) mass is 273 g/mol. The maximum atomic E-state index is 11.8. The van der Waals surface area contributed by atoms with E-state index in [0.717, 1.165) is 4.88 Å². The number of ketones is 1. The first-order valence-corrected chi connectivity index (χ1v) is 8.12.